The molecule has 2 amide bonds. The molecule has 3 rings (SSSR count). The number of amides is 2. The van der Waals surface area contributed by atoms with Crippen molar-refractivity contribution in [3.8, 4) is 0 Å². The van der Waals surface area contributed by atoms with Crippen LogP contribution in [0.15, 0.2) is 22.9 Å². The molecular formula is C15H15ClN4O3. The third-order valence-electron chi connectivity index (χ3n) is 3.74. The molecule has 0 atom stereocenters. The monoisotopic (exact) mass is 334 g/mol. The number of carbonyl (C=O) groups is 2. The Morgan fingerprint density at radius 3 is 2.52 bits per heavy atom. The normalized spacial score (nSPS) is 14.4. The topological polar surface area (TPSA) is 79.5 Å². The van der Waals surface area contributed by atoms with Crippen molar-refractivity contribution in [2.45, 2.75) is 20.3 Å². The number of pyridine rings is 1. The predicted octanol–water partition coefficient (Wildman–Crippen LogP) is 2.24. The molecule has 2 aromatic heterocycles. The van der Waals surface area contributed by atoms with Crippen molar-refractivity contribution in [2.24, 2.45) is 0 Å². The summed E-state index contributed by atoms with van der Waals surface area (Å²) in [6.07, 6.45) is 2.20. The lowest BCUT2D eigenvalue weighted by Crippen LogP contribution is -2.45. The lowest BCUT2D eigenvalue weighted by atomic mass is 10.2. The van der Waals surface area contributed by atoms with Gasteiger partial charge in [0, 0.05) is 19.3 Å². The van der Waals surface area contributed by atoms with E-state index in [1.807, 2.05) is 0 Å². The van der Waals surface area contributed by atoms with Crippen molar-refractivity contribution in [1.82, 2.24) is 20.2 Å². The van der Waals surface area contributed by atoms with Gasteiger partial charge < -0.3 is 4.52 Å². The number of rotatable bonds is 2. The lowest BCUT2D eigenvalue weighted by Gasteiger charge is -2.28. The van der Waals surface area contributed by atoms with Crippen molar-refractivity contribution < 1.29 is 14.1 Å². The molecule has 1 aliphatic rings. The molecule has 0 unspecified atom stereocenters. The fourth-order valence-corrected chi connectivity index (χ4v) is 2.84. The molecule has 1 aliphatic heterocycles. The van der Waals surface area contributed by atoms with E-state index < -0.39 is 0 Å². The van der Waals surface area contributed by atoms with Crippen LogP contribution in [0.4, 0.5) is 0 Å². The Morgan fingerprint density at radius 2 is 1.91 bits per heavy atom. The minimum Gasteiger partial charge on any atom is -0.361 e. The SMILES string of the molecule is Cc1noc(C)c1C(=O)N1CCCN1C(=O)c1cccnc1Cl. The molecule has 0 radical (unpaired) electrons. The van der Waals surface area contributed by atoms with E-state index in [9.17, 15) is 9.59 Å². The summed E-state index contributed by atoms with van der Waals surface area (Å²) < 4.78 is 5.04. The van der Waals surface area contributed by atoms with Crippen LogP contribution in [0.1, 0.15) is 38.6 Å². The lowest BCUT2D eigenvalue weighted by molar-refractivity contribution is 0.0184. The maximum absolute atomic E-state index is 12.8. The van der Waals surface area contributed by atoms with E-state index >= 15 is 0 Å². The average molecular weight is 335 g/mol. The van der Waals surface area contributed by atoms with Crippen LogP contribution in [-0.2, 0) is 0 Å². The summed E-state index contributed by atoms with van der Waals surface area (Å²) in [6.45, 7) is 4.27. The number of hydrogen-bond donors (Lipinski definition) is 0. The molecule has 0 aromatic carbocycles. The van der Waals surface area contributed by atoms with E-state index in [1.165, 1.54) is 16.2 Å². The molecule has 0 spiro atoms. The zero-order valence-electron chi connectivity index (χ0n) is 12.7. The number of halogens is 1. The average Bonchev–Trinajstić information content (AvgIpc) is 3.14. The third kappa shape index (κ3) is 2.68. The Hall–Kier alpha value is -2.41. The van der Waals surface area contributed by atoms with Crippen LogP contribution >= 0.6 is 11.6 Å². The first-order chi connectivity index (χ1) is 11.0. The first kappa shape index (κ1) is 15.5. The van der Waals surface area contributed by atoms with Crippen molar-refractivity contribution in [3.63, 3.8) is 0 Å². The van der Waals surface area contributed by atoms with Crippen LogP contribution in [0.2, 0.25) is 5.15 Å². The Labute approximate surface area is 137 Å². The first-order valence-electron chi connectivity index (χ1n) is 7.17. The number of nitrogens with zero attached hydrogens (tertiary/aromatic N) is 4. The summed E-state index contributed by atoms with van der Waals surface area (Å²) in [6, 6.07) is 3.23. The third-order valence-corrected chi connectivity index (χ3v) is 4.04. The molecule has 0 N–H and O–H groups in total. The van der Waals surface area contributed by atoms with Gasteiger partial charge in [-0.3, -0.25) is 9.59 Å². The fraction of sp³-hybridized carbons (Fsp3) is 0.333. The van der Waals surface area contributed by atoms with Gasteiger partial charge in [0.1, 0.15) is 16.5 Å². The Balaban J connectivity index is 1.90. The summed E-state index contributed by atoms with van der Waals surface area (Å²) in [5.74, 6) is -0.209. The molecule has 2 aromatic rings. The van der Waals surface area contributed by atoms with Crippen molar-refractivity contribution >= 4 is 23.4 Å². The molecule has 0 aliphatic carbocycles. The fourth-order valence-electron chi connectivity index (χ4n) is 2.64. The molecular weight excluding hydrogens is 320 g/mol. The molecule has 23 heavy (non-hydrogen) atoms. The zero-order chi connectivity index (χ0) is 16.6. The molecule has 7 nitrogen and oxygen atoms in total. The summed E-state index contributed by atoms with van der Waals surface area (Å²) >= 11 is 5.99. The van der Waals surface area contributed by atoms with Gasteiger partial charge in [0.25, 0.3) is 11.8 Å². The second-order valence-corrected chi connectivity index (χ2v) is 5.61. The van der Waals surface area contributed by atoms with Crippen molar-refractivity contribution in [2.75, 3.05) is 13.1 Å². The van der Waals surface area contributed by atoms with Crippen LogP contribution in [0.5, 0.6) is 0 Å². The van der Waals surface area contributed by atoms with Gasteiger partial charge in [0.2, 0.25) is 0 Å². The molecule has 120 valence electrons. The van der Waals surface area contributed by atoms with E-state index in [0.29, 0.717) is 36.5 Å². The van der Waals surface area contributed by atoms with E-state index in [0.717, 1.165) is 0 Å². The highest BCUT2D eigenvalue weighted by molar-refractivity contribution is 6.32. The summed E-state index contributed by atoms with van der Waals surface area (Å²) in [4.78, 5) is 29.4. The van der Waals surface area contributed by atoms with Crippen LogP contribution in [0, 0.1) is 13.8 Å². The van der Waals surface area contributed by atoms with E-state index in [2.05, 4.69) is 10.1 Å². The Morgan fingerprint density at radius 1 is 1.22 bits per heavy atom. The second kappa shape index (κ2) is 6.00. The van der Waals surface area contributed by atoms with Gasteiger partial charge in [0.05, 0.1) is 11.3 Å². The Bertz CT molecular complexity index is 754. The molecule has 3 heterocycles. The standard InChI is InChI=1S/C15H15ClN4O3/c1-9-12(10(2)23-18-9)15(22)20-8-4-7-19(20)14(21)11-5-3-6-17-13(11)16/h3,5-6H,4,7-8H2,1-2H3. The van der Waals surface area contributed by atoms with Crippen LogP contribution < -0.4 is 0 Å². The Kier molecular flexibility index (Phi) is 4.04. The molecule has 1 fully saturated rings. The van der Waals surface area contributed by atoms with E-state index in [-0.39, 0.29) is 22.5 Å². The summed E-state index contributed by atoms with van der Waals surface area (Å²) in [5.41, 5.74) is 1.17. The van der Waals surface area contributed by atoms with Gasteiger partial charge >= 0.3 is 0 Å². The van der Waals surface area contributed by atoms with Gasteiger partial charge in [-0.2, -0.15) is 0 Å². The van der Waals surface area contributed by atoms with E-state index in [1.54, 1.807) is 26.0 Å². The number of hydrogen-bond acceptors (Lipinski definition) is 5. The smallest absolute Gasteiger partial charge is 0.277 e. The van der Waals surface area contributed by atoms with Gasteiger partial charge in [0.15, 0.2) is 0 Å². The van der Waals surface area contributed by atoms with Crippen molar-refractivity contribution in [3.05, 3.63) is 46.1 Å². The predicted molar refractivity (Wildman–Crippen MR) is 81.9 cm³/mol. The molecule has 0 saturated carbocycles. The summed E-state index contributed by atoms with van der Waals surface area (Å²) in [7, 11) is 0. The second-order valence-electron chi connectivity index (χ2n) is 5.25. The number of aromatic nitrogens is 2. The van der Waals surface area contributed by atoms with Gasteiger partial charge in [-0.05, 0) is 32.4 Å². The maximum Gasteiger partial charge on any atom is 0.277 e. The number of carbonyl (C=O) groups excluding carboxylic acids is 2. The van der Waals surface area contributed by atoms with Crippen molar-refractivity contribution in [1.29, 1.82) is 0 Å². The number of hydrazine groups is 1. The largest absolute Gasteiger partial charge is 0.361 e. The van der Waals surface area contributed by atoms with Gasteiger partial charge in [-0.25, -0.2) is 15.0 Å². The quantitative estimate of drug-likeness (QED) is 0.787. The molecule has 0 bridgehead atoms. The highest BCUT2D eigenvalue weighted by Gasteiger charge is 2.35. The zero-order valence-corrected chi connectivity index (χ0v) is 13.5. The minimum atomic E-state index is -0.347. The highest BCUT2D eigenvalue weighted by Crippen LogP contribution is 2.23. The molecule has 1 saturated heterocycles. The highest BCUT2D eigenvalue weighted by atomic mass is 35.5. The maximum atomic E-state index is 12.8. The number of aryl methyl sites for hydroxylation is 2. The molecule has 8 heteroatoms. The first-order valence-corrected chi connectivity index (χ1v) is 7.55. The van der Waals surface area contributed by atoms with E-state index in [4.69, 9.17) is 16.1 Å². The summed E-state index contributed by atoms with van der Waals surface area (Å²) in [5, 5.41) is 6.73. The van der Waals surface area contributed by atoms with Crippen LogP contribution in [0.25, 0.3) is 0 Å². The van der Waals surface area contributed by atoms with Crippen LogP contribution in [-0.4, -0.2) is 45.1 Å². The van der Waals surface area contributed by atoms with Gasteiger partial charge in [-0.1, -0.05) is 16.8 Å². The minimum absolute atomic E-state index is 0.120. The van der Waals surface area contributed by atoms with Crippen LogP contribution in [0.3, 0.4) is 0 Å². The van der Waals surface area contributed by atoms with Gasteiger partial charge in [-0.15, -0.1) is 0 Å².